The quantitative estimate of drug-likeness (QED) is 0.851. The SMILES string of the molecule is CC1(C)C(CCc2ccccc2)=NOC1CNc1ccccc1. The molecule has 0 fully saturated rings. The first-order valence-corrected chi connectivity index (χ1v) is 8.22. The van der Waals surface area contributed by atoms with E-state index in [2.05, 4.69) is 66.8 Å². The molecule has 0 aromatic heterocycles. The van der Waals surface area contributed by atoms with E-state index in [-0.39, 0.29) is 11.5 Å². The van der Waals surface area contributed by atoms with Gasteiger partial charge in [-0.15, -0.1) is 0 Å². The van der Waals surface area contributed by atoms with Gasteiger partial charge in [0.05, 0.1) is 12.3 Å². The third-order valence-corrected chi connectivity index (χ3v) is 4.60. The van der Waals surface area contributed by atoms with E-state index in [9.17, 15) is 0 Å². The number of rotatable bonds is 6. The predicted molar refractivity (Wildman–Crippen MR) is 95.8 cm³/mol. The van der Waals surface area contributed by atoms with Crippen molar-refractivity contribution in [1.29, 1.82) is 0 Å². The van der Waals surface area contributed by atoms with E-state index in [1.54, 1.807) is 0 Å². The van der Waals surface area contributed by atoms with Crippen LogP contribution in [0.1, 0.15) is 25.8 Å². The maximum Gasteiger partial charge on any atom is 0.155 e. The maximum absolute atomic E-state index is 5.72. The van der Waals surface area contributed by atoms with Crippen molar-refractivity contribution in [1.82, 2.24) is 0 Å². The van der Waals surface area contributed by atoms with Gasteiger partial charge in [0.25, 0.3) is 0 Å². The van der Waals surface area contributed by atoms with Crippen molar-refractivity contribution in [2.24, 2.45) is 10.6 Å². The fourth-order valence-electron chi connectivity index (χ4n) is 2.90. The van der Waals surface area contributed by atoms with Gasteiger partial charge in [-0.2, -0.15) is 0 Å². The zero-order valence-electron chi connectivity index (χ0n) is 13.8. The molecule has 1 heterocycles. The summed E-state index contributed by atoms with van der Waals surface area (Å²) in [6.45, 7) is 5.21. The van der Waals surface area contributed by atoms with Crippen LogP contribution in [0.15, 0.2) is 65.8 Å². The van der Waals surface area contributed by atoms with Gasteiger partial charge in [-0.3, -0.25) is 0 Å². The van der Waals surface area contributed by atoms with Crippen molar-refractivity contribution in [3.8, 4) is 0 Å². The van der Waals surface area contributed by atoms with E-state index in [4.69, 9.17) is 4.84 Å². The molecule has 1 unspecified atom stereocenters. The highest BCUT2D eigenvalue weighted by Crippen LogP contribution is 2.33. The number of oxime groups is 1. The minimum atomic E-state index is -0.0451. The second-order valence-corrected chi connectivity index (χ2v) is 6.59. The van der Waals surface area contributed by atoms with Crippen molar-refractivity contribution in [3.63, 3.8) is 0 Å². The minimum absolute atomic E-state index is 0.0451. The van der Waals surface area contributed by atoms with Gasteiger partial charge in [0.1, 0.15) is 0 Å². The van der Waals surface area contributed by atoms with E-state index < -0.39 is 0 Å². The molecule has 3 heteroatoms. The standard InChI is InChI=1S/C20H24N2O/c1-20(2)18(14-13-16-9-5-3-6-10-16)22-23-19(20)15-21-17-11-7-4-8-12-17/h3-12,19,21H,13-15H2,1-2H3. The number of hydrogen-bond donors (Lipinski definition) is 1. The molecule has 2 aromatic carbocycles. The number of aryl methyl sites for hydroxylation is 1. The zero-order chi connectivity index (χ0) is 16.1. The van der Waals surface area contributed by atoms with Gasteiger partial charge in [-0.25, -0.2) is 0 Å². The Kier molecular flexibility index (Phi) is 4.65. The highest BCUT2D eigenvalue weighted by Gasteiger charge is 2.41. The zero-order valence-corrected chi connectivity index (χ0v) is 13.8. The molecule has 0 saturated carbocycles. The van der Waals surface area contributed by atoms with Crippen LogP contribution in [0.3, 0.4) is 0 Å². The average molecular weight is 308 g/mol. The number of hydrogen-bond acceptors (Lipinski definition) is 3. The van der Waals surface area contributed by atoms with Crippen LogP contribution < -0.4 is 5.32 Å². The van der Waals surface area contributed by atoms with Gasteiger partial charge < -0.3 is 10.2 Å². The molecule has 1 aliphatic heterocycles. The lowest BCUT2D eigenvalue weighted by Crippen LogP contribution is -2.37. The molecular weight excluding hydrogens is 284 g/mol. The molecule has 3 rings (SSSR count). The molecule has 1 aliphatic rings. The Morgan fingerprint density at radius 3 is 2.30 bits per heavy atom. The van der Waals surface area contributed by atoms with Gasteiger partial charge in [0.2, 0.25) is 0 Å². The number of para-hydroxylation sites is 1. The molecule has 0 amide bonds. The third-order valence-electron chi connectivity index (χ3n) is 4.60. The van der Waals surface area contributed by atoms with E-state index in [1.165, 1.54) is 5.56 Å². The van der Waals surface area contributed by atoms with Gasteiger partial charge in [-0.1, -0.05) is 67.5 Å². The van der Waals surface area contributed by atoms with E-state index in [1.807, 2.05) is 18.2 Å². The Labute approximate surface area is 138 Å². The van der Waals surface area contributed by atoms with Crippen LogP contribution in [0, 0.1) is 5.41 Å². The summed E-state index contributed by atoms with van der Waals surface area (Å²) in [5, 5.41) is 7.81. The first-order chi connectivity index (χ1) is 11.2. The number of nitrogens with zero attached hydrogens (tertiary/aromatic N) is 1. The van der Waals surface area contributed by atoms with Crippen LogP contribution in [0.25, 0.3) is 0 Å². The number of benzene rings is 2. The van der Waals surface area contributed by atoms with Crippen molar-refractivity contribution < 1.29 is 4.84 Å². The molecule has 0 spiro atoms. The number of anilines is 1. The smallest absolute Gasteiger partial charge is 0.155 e. The van der Waals surface area contributed by atoms with Gasteiger partial charge in [0.15, 0.2) is 6.10 Å². The van der Waals surface area contributed by atoms with Crippen LogP contribution in [0.2, 0.25) is 0 Å². The van der Waals surface area contributed by atoms with Gasteiger partial charge in [0, 0.05) is 11.1 Å². The first kappa shape index (κ1) is 15.6. The molecular formula is C20H24N2O. The maximum atomic E-state index is 5.72. The summed E-state index contributed by atoms with van der Waals surface area (Å²) < 4.78 is 0. The second kappa shape index (κ2) is 6.86. The van der Waals surface area contributed by atoms with E-state index >= 15 is 0 Å². The fraction of sp³-hybridized carbons (Fsp3) is 0.350. The van der Waals surface area contributed by atoms with Crippen LogP contribution in [0.5, 0.6) is 0 Å². The summed E-state index contributed by atoms with van der Waals surface area (Å²) in [6.07, 6.45) is 2.01. The van der Waals surface area contributed by atoms with Gasteiger partial charge in [-0.05, 0) is 30.5 Å². The molecule has 1 atom stereocenters. The minimum Gasteiger partial charge on any atom is -0.390 e. The molecule has 3 nitrogen and oxygen atoms in total. The Hall–Kier alpha value is -2.29. The highest BCUT2D eigenvalue weighted by molar-refractivity contribution is 5.91. The third kappa shape index (κ3) is 3.73. The molecule has 120 valence electrons. The van der Waals surface area contributed by atoms with Crippen LogP contribution in [-0.4, -0.2) is 18.4 Å². The lowest BCUT2D eigenvalue weighted by atomic mass is 9.80. The van der Waals surface area contributed by atoms with Crippen molar-refractivity contribution in [3.05, 3.63) is 66.2 Å². The molecule has 0 aliphatic carbocycles. The summed E-state index contributed by atoms with van der Waals surface area (Å²) in [5.74, 6) is 0. The summed E-state index contributed by atoms with van der Waals surface area (Å²) in [4.78, 5) is 5.72. The van der Waals surface area contributed by atoms with Crippen molar-refractivity contribution >= 4 is 11.4 Å². The van der Waals surface area contributed by atoms with Crippen LogP contribution in [0.4, 0.5) is 5.69 Å². The lowest BCUT2D eigenvalue weighted by Gasteiger charge is -2.26. The molecule has 0 radical (unpaired) electrons. The molecule has 0 bridgehead atoms. The van der Waals surface area contributed by atoms with Crippen molar-refractivity contribution in [2.75, 3.05) is 11.9 Å². The molecule has 1 N–H and O–H groups in total. The largest absolute Gasteiger partial charge is 0.390 e. The fourth-order valence-corrected chi connectivity index (χ4v) is 2.90. The van der Waals surface area contributed by atoms with Crippen molar-refractivity contribution in [2.45, 2.75) is 32.8 Å². The lowest BCUT2D eigenvalue weighted by molar-refractivity contribution is 0.0465. The van der Waals surface area contributed by atoms with Crippen LogP contribution in [-0.2, 0) is 11.3 Å². The number of nitrogens with one attached hydrogen (secondary N) is 1. The topological polar surface area (TPSA) is 33.6 Å². The Bertz CT molecular complexity index is 650. The summed E-state index contributed by atoms with van der Waals surface area (Å²) >= 11 is 0. The summed E-state index contributed by atoms with van der Waals surface area (Å²) in [6, 6.07) is 20.8. The van der Waals surface area contributed by atoms with E-state index in [0.29, 0.717) is 0 Å². The Morgan fingerprint density at radius 2 is 1.61 bits per heavy atom. The second-order valence-electron chi connectivity index (χ2n) is 6.59. The highest BCUT2D eigenvalue weighted by atomic mass is 16.6. The monoisotopic (exact) mass is 308 g/mol. The summed E-state index contributed by atoms with van der Waals surface area (Å²) in [5.41, 5.74) is 3.57. The molecule has 2 aromatic rings. The molecule has 23 heavy (non-hydrogen) atoms. The van der Waals surface area contributed by atoms with Crippen LogP contribution >= 0.6 is 0 Å². The first-order valence-electron chi connectivity index (χ1n) is 8.22. The Morgan fingerprint density at radius 1 is 0.957 bits per heavy atom. The summed E-state index contributed by atoms with van der Waals surface area (Å²) in [7, 11) is 0. The van der Waals surface area contributed by atoms with Gasteiger partial charge >= 0.3 is 0 Å². The Balaban J connectivity index is 1.55. The van der Waals surface area contributed by atoms with E-state index in [0.717, 1.165) is 30.8 Å². The molecule has 0 saturated heterocycles. The normalized spacial score (nSPS) is 19.0. The predicted octanol–water partition coefficient (Wildman–Crippen LogP) is 4.51. The average Bonchev–Trinajstić information content (AvgIpc) is 2.87.